The molecule has 28 heavy (non-hydrogen) atoms. The van der Waals surface area contributed by atoms with Crippen molar-refractivity contribution in [1.29, 1.82) is 0 Å². The Kier molecular flexibility index (Phi) is 5.51. The van der Waals surface area contributed by atoms with Crippen LogP contribution in [0.4, 0.5) is 0 Å². The van der Waals surface area contributed by atoms with E-state index in [-0.39, 0.29) is 5.91 Å². The van der Waals surface area contributed by atoms with E-state index in [2.05, 4.69) is 15.5 Å². The number of carbonyl (C=O) groups excluding carboxylic acids is 1. The van der Waals surface area contributed by atoms with Gasteiger partial charge >= 0.3 is 0 Å². The minimum atomic E-state index is -0.0350. The third-order valence-electron chi connectivity index (χ3n) is 4.36. The molecule has 4 rings (SSSR count). The number of amides is 1. The van der Waals surface area contributed by atoms with Crippen molar-refractivity contribution in [2.45, 2.75) is 19.3 Å². The fourth-order valence-corrected chi connectivity index (χ4v) is 2.97. The fraction of sp³-hybridized carbons (Fsp3) is 0.286. The van der Waals surface area contributed by atoms with Crippen molar-refractivity contribution < 1.29 is 18.8 Å². The molecule has 144 valence electrons. The lowest BCUT2D eigenvalue weighted by molar-refractivity contribution is -0.120. The van der Waals surface area contributed by atoms with Crippen molar-refractivity contribution in [3.05, 3.63) is 60.0 Å². The van der Waals surface area contributed by atoms with Crippen LogP contribution in [-0.4, -0.2) is 35.8 Å². The first-order valence-corrected chi connectivity index (χ1v) is 9.31. The molecule has 0 spiro atoms. The summed E-state index contributed by atoms with van der Waals surface area (Å²) in [6.07, 6.45) is 1.64. The number of fused-ring (bicyclic) bond motifs is 1. The molecule has 0 radical (unpaired) electrons. The van der Waals surface area contributed by atoms with E-state index in [1.165, 1.54) is 0 Å². The first kappa shape index (κ1) is 18.0. The van der Waals surface area contributed by atoms with Crippen molar-refractivity contribution in [3.8, 4) is 22.9 Å². The molecule has 1 N–H and O–H groups in total. The van der Waals surface area contributed by atoms with Gasteiger partial charge in [-0.05, 0) is 24.1 Å². The Morgan fingerprint density at radius 3 is 2.71 bits per heavy atom. The minimum Gasteiger partial charge on any atom is -0.486 e. The van der Waals surface area contributed by atoms with Crippen molar-refractivity contribution in [2.75, 3.05) is 19.8 Å². The molecule has 1 aliphatic rings. The van der Waals surface area contributed by atoms with Gasteiger partial charge in [-0.1, -0.05) is 41.6 Å². The van der Waals surface area contributed by atoms with Gasteiger partial charge in [0.1, 0.15) is 13.2 Å². The first-order chi connectivity index (χ1) is 13.8. The summed E-state index contributed by atoms with van der Waals surface area (Å²) in [5.41, 5.74) is 1.82. The summed E-state index contributed by atoms with van der Waals surface area (Å²) in [6.45, 7) is 1.64. The molecule has 0 bridgehead atoms. The van der Waals surface area contributed by atoms with E-state index in [1.54, 1.807) is 0 Å². The molecule has 0 saturated heterocycles. The molecule has 7 nitrogen and oxygen atoms in total. The van der Waals surface area contributed by atoms with E-state index < -0.39 is 0 Å². The van der Waals surface area contributed by atoms with Gasteiger partial charge in [0.2, 0.25) is 17.6 Å². The average molecular weight is 379 g/mol. The molecule has 2 aromatic carbocycles. The smallest absolute Gasteiger partial charge is 0.227 e. The van der Waals surface area contributed by atoms with E-state index in [0.29, 0.717) is 50.1 Å². The second kappa shape index (κ2) is 8.56. The Balaban J connectivity index is 1.21. The Hall–Kier alpha value is -3.35. The highest BCUT2D eigenvalue weighted by Gasteiger charge is 2.13. The van der Waals surface area contributed by atoms with E-state index in [4.69, 9.17) is 14.0 Å². The SMILES string of the molecule is O=C(Cc1ccc2c(c1)OCCO2)NCCCc1nc(-c2ccccc2)no1. The number of benzene rings is 2. The maximum Gasteiger partial charge on any atom is 0.227 e. The molecule has 0 atom stereocenters. The van der Waals surface area contributed by atoms with Gasteiger partial charge in [0.15, 0.2) is 11.5 Å². The van der Waals surface area contributed by atoms with Gasteiger partial charge in [-0.3, -0.25) is 4.79 Å². The van der Waals surface area contributed by atoms with Gasteiger partial charge in [0.05, 0.1) is 6.42 Å². The van der Waals surface area contributed by atoms with Crippen LogP contribution >= 0.6 is 0 Å². The number of rotatable bonds is 7. The summed E-state index contributed by atoms with van der Waals surface area (Å²) in [6, 6.07) is 15.3. The lowest BCUT2D eigenvalue weighted by Crippen LogP contribution is -2.26. The predicted octanol–water partition coefficient (Wildman–Crippen LogP) is 2.80. The van der Waals surface area contributed by atoms with Gasteiger partial charge in [-0.25, -0.2) is 0 Å². The average Bonchev–Trinajstić information content (AvgIpc) is 3.21. The summed E-state index contributed by atoms with van der Waals surface area (Å²) >= 11 is 0. The maximum atomic E-state index is 12.1. The van der Waals surface area contributed by atoms with Crippen molar-refractivity contribution in [3.63, 3.8) is 0 Å². The Bertz CT molecular complexity index is 940. The summed E-state index contributed by atoms with van der Waals surface area (Å²) in [5.74, 6) is 2.54. The molecule has 0 aliphatic carbocycles. The fourth-order valence-electron chi connectivity index (χ4n) is 2.97. The van der Waals surface area contributed by atoms with Gasteiger partial charge < -0.3 is 19.3 Å². The molecule has 2 heterocycles. The molecule has 1 amide bonds. The van der Waals surface area contributed by atoms with Crippen molar-refractivity contribution >= 4 is 5.91 Å². The van der Waals surface area contributed by atoms with Crippen molar-refractivity contribution in [1.82, 2.24) is 15.5 Å². The van der Waals surface area contributed by atoms with Crippen LogP contribution in [0, 0.1) is 0 Å². The second-order valence-electron chi connectivity index (χ2n) is 6.49. The summed E-state index contributed by atoms with van der Waals surface area (Å²) < 4.78 is 16.3. The van der Waals surface area contributed by atoms with Crippen LogP contribution in [-0.2, 0) is 17.6 Å². The van der Waals surface area contributed by atoms with Gasteiger partial charge in [-0.15, -0.1) is 0 Å². The van der Waals surface area contributed by atoms with Crippen LogP contribution in [0.1, 0.15) is 17.9 Å². The highest BCUT2D eigenvalue weighted by molar-refractivity contribution is 5.78. The molecule has 1 aliphatic heterocycles. The first-order valence-electron chi connectivity index (χ1n) is 9.31. The number of carbonyl (C=O) groups is 1. The maximum absolute atomic E-state index is 12.1. The normalized spacial score (nSPS) is 12.6. The number of ether oxygens (including phenoxy) is 2. The number of aryl methyl sites for hydroxylation is 1. The third-order valence-corrected chi connectivity index (χ3v) is 4.36. The zero-order chi connectivity index (χ0) is 19.2. The molecule has 1 aromatic heterocycles. The van der Waals surface area contributed by atoms with Crippen LogP contribution in [0.25, 0.3) is 11.4 Å². The Morgan fingerprint density at radius 2 is 1.86 bits per heavy atom. The van der Waals surface area contributed by atoms with Crippen molar-refractivity contribution in [2.24, 2.45) is 0 Å². The quantitative estimate of drug-likeness (QED) is 0.635. The van der Waals surface area contributed by atoms with Crippen LogP contribution in [0.5, 0.6) is 11.5 Å². The molecule has 0 fully saturated rings. The van der Waals surface area contributed by atoms with E-state index in [0.717, 1.165) is 23.3 Å². The third kappa shape index (κ3) is 4.49. The molecule has 7 heteroatoms. The number of nitrogens with one attached hydrogen (secondary N) is 1. The van der Waals surface area contributed by atoms with E-state index in [9.17, 15) is 4.79 Å². The minimum absolute atomic E-state index is 0.0350. The van der Waals surface area contributed by atoms with Crippen LogP contribution in [0.2, 0.25) is 0 Å². The number of nitrogens with zero attached hydrogens (tertiary/aromatic N) is 2. The van der Waals surface area contributed by atoms with Gasteiger partial charge in [-0.2, -0.15) is 4.98 Å². The predicted molar refractivity (Wildman–Crippen MR) is 102 cm³/mol. The Labute approximate surface area is 162 Å². The second-order valence-corrected chi connectivity index (χ2v) is 6.49. The lowest BCUT2D eigenvalue weighted by Gasteiger charge is -2.18. The summed E-state index contributed by atoms with van der Waals surface area (Å²) in [4.78, 5) is 16.5. The molecular weight excluding hydrogens is 358 g/mol. The molecular formula is C21H21N3O4. The lowest BCUT2D eigenvalue weighted by atomic mass is 10.1. The molecule has 3 aromatic rings. The van der Waals surface area contributed by atoms with Crippen LogP contribution in [0.3, 0.4) is 0 Å². The summed E-state index contributed by atoms with van der Waals surface area (Å²) in [7, 11) is 0. The van der Waals surface area contributed by atoms with E-state index >= 15 is 0 Å². The largest absolute Gasteiger partial charge is 0.486 e. The Morgan fingerprint density at radius 1 is 1.04 bits per heavy atom. The molecule has 0 unspecified atom stereocenters. The van der Waals surface area contributed by atoms with Gasteiger partial charge in [0.25, 0.3) is 0 Å². The standard InChI is InChI=1S/C21H21N3O4/c25-19(14-15-8-9-17-18(13-15)27-12-11-26-17)22-10-4-7-20-23-21(24-28-20)16-5-2-1-3-6-16/h1-3,5-6,8-9,13H,4,7,10-12,14H2,(H,22,25). The highest BCUT2D eigenvalue weighted by atomic mass is 16.6. The zero-order valence-electron chi connectivity index (χ0n) is 15.4. The topological polar surface area (TPSA) is 86.5 Å². The molecule has 0 saturated carbocycles. The highest BCUT2D eigenvalue weighted by Crippen LogP contribution is 2.30. The summed E-state index contributed by atoms with van der Waals surface area (Å²) in [5, 5.41) is 6.91. The monoisotopic (exact) mass is 379 g/mol. The van der Waals surface area contributed by atoms with Crippen LogP contribution < -0.4 is 14.8 Å². The van der Waals surface area contributed by atoms with Crippen LogP contribution in [0.15, 0.2) is 53.1 Å². The number of hydrogen-bond donors (Lipinski definition) is 1. The zero-order valence-corrected chi connectivity index (χ0v) is 15.4. The number of hydrogen-bond acceptors (Lipinski definition) is 6. The van der Waals surface area contributed by atoms with Gasteiger partial charge in [0, 0.05) is 18.5 Å². The van der Waals surface area contributed by atoms with E-state index in [1.807, 2.05) is 48.5 Å². The number of aromatic nitrogens is 2.